The fourth-order valence-electron chi connectivity index (χ4n) is 1.29. The Hall–Kier alpha value is -1.32. The van der Waals surface area contributed by atoms with E-state index in [0.717, 1.165) is 18.7 Å². The van der Waals surface area contributed by atoms with Crippen LogP contribution in [0.25, 0.3) is 0 Å². The summed E-state index contributed by atoms with van der Waals surface area (Å²) in [5.74, 6) is 0.0130. The van der Waals surface area contributed by atoms with Crippen LogP contribution in [0.1, 0.15) is 30.0 Å². The van der Waals surface area contributed by atoms with Crippen LogP contribution in [-0.2, 0) is 13.0 Å². The zero-order valence-electron chi connectivity index (χ0n) is 9.24. The van der Waals surface area contributed by atoms with Crippen molar-refractivity contribution in [3.05, 3.63) is 17.5 Å². The summed E-state index contributed by atoms with van der Waals surface area (Å²) in [5.41, 5.74) is 1.64. The maximum atomic E-state index is 11.7. The van der Waals surface area contributed by atoms with Gasteiger partial charge in [0.15, 0.2) is 0 Å². The van der Waals surface area contributed by atoms with E-state index in [1.54, 1.807) is 23.7 Å². The molecule has 0 saturated carbocycles. The average molecular weight is 195 g/mol. The lowest BCUT2D eigenvalue weighted by molar-refractivity contribution is 0.0815. The van der Waals surface area contributed by atoms with Crippen molar-refractivity contribution in [2.45, 2.75) is 26.8 Å². The van der Waals surface area contributed by atoms with E-state index in [1.807, 2.05) is 19.9 Å². The maximum Gasteiger partial charge on any atom is 0.271 e. The molecule has 0 spiro atoms. The normalized spacial score (nSPS) is 10.3. The van der Waals surface area contributed by atoms with E-state index >= 15 is 0 Å². The van der Waals surface area contributed by atoms with Gasteiger partial charge in [-0.05, 0) is 19.4 Å². The standard InChI is InChI=1S/C10H17N3O/c1-5-8-7-9(10(14)12(3)4)13(6-2)11-8/h7H,5-6H2,1-4H3. The fourth-order valence-corrected chi connectivity index (χ4v) is 1.29. The van der Waals surface area contributed by atoms with Crippen molar-refractivity contribution in [1.29, 1.82) is 0 Å². The summed E-state index contributed by atoms with van der Waals surface area (Å²) in [6.45, 7) is 4.75. The first kappa shape index (κ1) is 10.8. The van der Waals surface area contributed by atoms with Crippen LogP contribution in [0.2, 0.25) is 0 Å². The van der Waals surface area contributed by atoms with Crippen LogP contribution in [0.15, 0.2) is 6.07 Å². The maximum absolute atomic E-state index is 11.7. The second kappa shape index (κ2) is 4.26. The topological polar surface area (TPSA) is 38.1 Å². The molecule has 0 aliphatic carbocycles. The molecule has 0 aliphatic heterocycles. The van der Waals surface area contributed by atoms with Crippen LogP contribution < -0.4 is 0 Å². The predicted molar refractivity (Wildman–Crippen MR) is 55.3 cm³/mol. The third kappa shape index (κ3) is 1.95. The van der Waals surface area contributed by atoms with Crippen molar-refractivity contribution >= 4 is 5.91 Å². The van der Waals surface area contributed by atoms with Gasteiger partial charge in [-0.25, -0.2) is 0 Å². The third-order valence-electron chi connectivity index (χ3n) is 2.12. The van der Waals surface area contributed by atoms with E-state index in [0.29, 0.717) is 5.69 Å². The molecule has 0 aliphatic rings. The molecule has 0 saturated heterocycles. The minimum Gasteiger partial charge on any atom is -0.343 e. The van der Waals surface area contributed by atoms with Gasteiger partial charge < -0.3 is 4.90 Å². The lowest BCUT2D eigenvalue weighted by Gasteiger charge is -2.10. The van der Waals surface area contributed by atoms with Gasteiger partial charge in [-0.15, -0.1) is 0 Å². The van der Waals surface area contributed by atoms with E-state index in [4.69, 9.17) is 0 Å². The first-order valence-electron chi connectivity index (χ1n) is 4.88. The van der Waals surface area contributed by atoms with Crippen molar-refractivity contribution in [3.8, 4) is 0 Å². The Morgan fingerprint density at radius 2 is 2.14 bits per heavy atom. The number of carbonyl (C=O) groups is 1. The molecule has 1 rings (SSSR count). The van der Waals surface area contributed by atoms with Crippen LogP contribution in [0.5, 0.6) is 0 Å². The first-order chi connectivity index (χ1) is 6.60. The number of aryl methyl sites for hydroxylation is 2. The fraction of sp³-hybridized carbons (Fsp3) is 0.600. The van der Waals surface area contributed by atoms with Crippen molar-refractivity contribution in [2.75, 3.05) is 14.1 Å². The quantitative estimate of drug-likeness (QED) is 0.726. The number of amides is 1. The Morgan fingerprint density at radius 3 is 2.57 bits per heavy atom. The van der Waals surface area contributed by atoms with E-state index in [9.17, 15) is 4.79 Å². The number of aromatic nitrogens is 2. The molecule has 1 amide bonds. The first-order valence-corrected chi connectivity index (χ1v) is 4.88. The van der Waals surface area contributed by atoms with Gasteiger partial charge in [-0.2, -0.15) is 5.10 Å². The molecule has 0 N–H and O–H groups in total. The molecule has 1 aromatic rings. The van der Waals surface area contributed by atoms with Gasteiger partial charge in [0, 0.05) is 20.6 Å². The Labute approximate surface area is 84.5 Å². The molecule has 0 aromatic carbocycles. The highest BCUT2D eigenvalue weighted by Gasteiger charge is 2.14. The smallest absolute Gasteiger partial charge is 0.271 e. The molecule has 4 nitrogen and oxygen atoms in total. The second-order valence-electron chi connectivity index (χ2n) is 3.39. The number of carbonyl (C=O) groups excluding carboxylic acids is 1. The zero-order chi connectivity index (χ0) is 10.7. The SMILES string of the molecule is CCc1cc(C(=O)N(C)C)n(CC)n1. The monoisotopic (exact) mass is 195 g/mol. The molecular weight excluding hydrogens is 178 g/mol. The Bertz CT molecular complexity index is 328. The Morgan fingerprint density at radius 1 is 1.50 bits per heavy atom. The van der Waals surface area contributed by atoms with Gasteiger partial charge >= 0.3 is 0 Å². The molecule has 78 valence electrons. The average Bonchev–Trinajstić information content (AvgIpc) is 2.59. The number of nitrogens with zero attached hydrogens (tertiary/aromatic N) is 3. The van der Waals surface area contributed by atoms with E-state index in [1.165, 1.54) is 0 Å². The molecule has 0 radical (unpaired) electrons. The van der Waals surface area contributed by atoms with Gasteiger partial charge in [-0.3, -0.25) is 9.48 Å². The Balaban J connectivity index is 3.06. The molecule has 0 fully saturated rings. The van der Waals surface area contributed by atoms with Crippen molar-refractivity contribution in [3.63, 3.8) is 0 Å². The third-order valence-corrected chi connectivity index (χ3v) is 2.12. The van der Waals surface area contributed by atoms with Gasteiger partial charge in [0.25, 0.3) is 5.91 Å². The minimum absolute atomic E-state index is 0.0130. The molecule has 1 aromatic heterocycles. The number of hydrogen-bond acceptors (Lipinski definition) is 2. The van der Waals surface area contributed by atoms with E-state index in [-0.39, 0.29) is 5.91 Å². The molecule has 0 atom stereocenters. The lowest BCUT2D eigenvalue weighted by atomic mass is 10.3. The molecule has 14 heavy (non-hydrogen) atoms. The Kier molecular flexibility index (Phi) is 3.28. The highest BCUT2D eigenvalue weighted by atomic mass is 16.2. The molecule has 0 unspecified atom stereocenters. The zero-order valence-corrected chi connectivity index (χ0v) is 9.24. The van der Waals surface area contributed by atoms with Gasteiger partial charge in [0.05, 0.1) is 5.69 Å². The molecule has 0 bridgehead atoms. The van der Waals surface area contributed by atoms with Crippen LogP contribution in [-0.4, -0.2) is 34.7 Å². The summed E-state index contributed by atoms with van der Waals surface area (Å²) in [7, 11) is 3.50. The summed E-state index contributed by atoms with van der Waals surface area (Å²) >= 11 is 0. The van der Waals surface area contributed by atoms with E-state index in [2.05, 4.69) is 5.10 Å². The highest BCUT2D eigenvalue weighted by Crippen LogP contribution is 2.07. The largest absolute Gasteiger partial charge is 0.343 e. The van der Waals surface area contributed by atoms with Gasteiger partial charge in [0.1, 0.15) is 5.69 Å². The van der Waals surface area contributed by atoms with E-state index < -0.39 is 0 Å². The summed E-state index contributed by atoms with van der Waals surface area (Å²) in [6, 6.07) is 1.87. The van der Waals surface area contributed by atoms with Crippen molar-refractivity contribution in [2.24, 2.45) is 0 Å². The van der Waals surface area contributed by atoms with Crippen molar-refractivity contribution in [1.82, 2.24) is 14.7 Å². The summed E-state index contributed by atoms with van der Waals surface area (Å²) in [6.07, 6.45) is 0.862. The molecule has 1 heterocycles. The minimum atomic E-state index is 0.0130. The van der Waals surface area contributed by atoms with Crippen LogP contribution in [0, 0.1) is 0 Å². The van der Waals surface area contributed by atoms with Gasteiger partial charge in [0.2, 0.25) is 0 Å². The predicted octanol–water partition coefficient (Wildman–Crippen LogP) is 1.17. The van der Waals surface area contributed by atoms with Crippen LogP contribution in [0.3, 0.4) is 0 Å². The van der Waals surface area contributed by atoms with Crippen LogP contribution >= 0.6 is 0 Å². The summed E-state index contributed by atoms with van der Waals surface area (Å²) in [4.78, 5) is 13.3. The summed E-state index contributed by atoms with van der Waals surface area (Å²) in [5, 5.41) is 4.32. The number of hydrogen-bond donors (Lipinski definition) is 0. The number of rotatable bonds is 3. The highest BCUT2D eigenvalue weighted by molar-refractivity contribution is 5.92. The lowest BCUT2D eigenvalue weighted by Crippen LogP contribution is -2.24. The molecular formula is C10H17N3O. The molecule has 4 heteroatoms. The summed E-state index contributed by atoms with van der Waals surface area (Å²) < 4.78 is 1.75. The second-order valence-corrected chi connectivity index (χ2v) is 3.39. The van der Waals surface area contributed by atoms with Gasteiger partial charge in [-0.1, -0.05) is 6.92 Å². The van der Waals surface area contributed by atoms with Crippen molar-refractivity contribution < 1.29 is 4.79 Å². The van der Waals surface area contributed by atoms with Crippen LogP contribution in [0.4, 0.5) is 0 Å².